The molecule has 0 bridgehead atoms. The first-order valence-electron chi connectivity index (χ1n) is 8.38. The number of aromatic nitrogens is 1. The number of nitrogens with zero attached hydrogens (tertiary/aromatic N) is 2. The molecule has 0 aliphatic carbocycles. The summed E-state index contributed by atoms with van der Waals surface area (Å²) in [4.78, 5) is 19.3. The van der Waals surface area contributed by atoms with Crippen molar-refractivity contribution in [3.8, 4) is 11.3 Å². The highest BCUT2D eigenvalue weighted by Gasteiger charge is 2.22. The molecular weight excluding hydrogens is 284 g/mol. The van der Waals surface area contributed by atoms with E-state index in [0.717, 1.165) is 37.2 Å². The SMILES string of the molecule is Cc1ccc(C)c(-c2cccc(C(=O)N3CCC(C)CC3)n2)c1. The zero-order valence-corrected chi connectivity index (χ0v) is 14.2. The zero-order chi connectivity index (χ0) is 16.4. The van der Waals surface area contributed by atoms with Crippen LogP contribution in [0.2, 0.25) is 0 Å². The van der Waals surface area contributed by atoms with E-state index in [0.29, 0.717) is 11.6 Å². The van der Waals surface area contributed by atoms with Crippen LogP contribution in [0.4, 0.5) is 0 Å². The molecule has 1 aromatic heterocycles. The van der Waals surface area contributed by atoms with E-state index in [1.807, 2.05) is 23.1 Å². The molecule has 0 atom stereocenters. The van der Waals surface area contributed by atoms with Gasteiger partial charge in [-0.2, -0.15) is 0 Å². The third-order valence-electron chi connectivity index (χ3n) is 4.71. The van der Waals surface area contributed by atoms with Crippen LogP contribution in [0.1, 0.15) is 41.4 Å². The monoisotopic (exact) mass is 308 g/mol. The van der Waals surface area contributed by atoms with Gasteiger partial charge in [-0.15, -0.1) is 0 Å². The van der Waals surface area contributed by atoms with Crippen LogP contribution in [0.5, 0.6) is 0 Å². The van der Waals surface area contributed by atoms with E-state index >= 15 is 0 Å². The van der Waals surface area contributed by atoms with E-state index in [4.69, 9.17) is 0 Å². The fraction of sp³-hybridized carbons (Fsp3) is 0.400. The molecule has 1 saturated heterocycles. The van der Waals surface area contributed by atoms with Gasteiger partial charge in [0, 0.05) is 18.7 Å². The van der Waals surface area contributed by atoms with Gasteiger partial charge in [-0.05, 0) is 56.4 Å². The summed E-state index contributed by atoms with van der Waals surface area (Å²) < 4.78 is 0. The van der Waals surface area contributed by atoms with Crippen LogP contribution < -0.4 is 0 Å². The van der Waals surface area contributed by atoms with Crippen molar-refractivity contribution in [3.05, 3.63) is 53.2 Å². The molecule has 2 heterocycles. The van der Waals surface area contributed by atoms with Crippen molar-refractivity contribution < 1.29 is 4.79 Å². The smallest absolute Gasteiger partial charge is 0.272 e. The van der Waals surface area contributed by atoms with Crippen molar-refractivity contribution in [3.63, 3.8) is 0 Å². The van der Waals surface area contributed by atoms with Crippen molar-refractivity contribution in [2.75, 3.05) is 13.1 Å². The second-order valence-corrected chi connectivity index (χ2v) is 6.70. The molecule has 0 unspecified atom stereocenters. The molecule has 1 aromatic carbocycles. The fourth-order valence-corrected chi connectivity index (χ4v) is 3.09. The first-order chi connectivity index (χ1) is 11.0. The van der Waals surface area contributed by atoms with Gasteiger partial charge in [0.05, 0.1) is 5.69 Å². The summed E-state index contributed by atoms with van der Waals surface area (Å²) in [7, 11) is 0. The van der Waals surface area contributed by atoms with Gasteiger partial charge in [-0.1, -0.05) is 30.7 Å². The number of benzene rings is 1. The lowest BCUT2D eigenvalue weighted by molar-refractivity contribution is 0.0691. The van der Waals surface area contributed by atoms with Gasteiger partial charge < -0.3 is 4.90 Å². The number of hydrogen-bond donors (Lipinski definition) is 0. The van der Waals surface area contributed by atoms with Gasteiger partial charge >= 0.3 is 0 Å². The molecule has 0 saturated carbocycles. The molecule has 0 N–H and O–H groups in total. The maximum atomic E-state index is 12.7. The average Bonchev–Trinajstić information content (AvgIpc) is 2.57. The number of piperidine rings is 1. The summed E-state index contributed by atoms with van der Waals surface area (Å²) in [5, 5.41) is 0. The summed E-state index contributed by atoms with van der Waals surface area (Å²) in [6.07, 6.45) is 2.17. The Kier molecular flexibility index (Phi) is 4.46. The van der Waals surface area contributed by atoms with E-state index in [2.05, 4.69) is 44.0 Å². The Labute approximate surface area is 138 Å². The van der Waals surface area contributed by atoms with Gasteiger partial charge in [0.15, 0.2) is 0 Å². The Morgan fingerprint density at radius 2 is 1.87 bits per heavy atom. The molecule has 0 radical (unpaired) electrons. The van der Waals surface area contributed by atoms with Gasteiger partial charge in [-0.25, -0.2) is 4.98 Å². The van der Waals surface area contributed by atoms with E-state index in [9.17, 15) is 4.79 Å². The van der Waals surface area contributed by atoms with Gasteiger partial charge in [0.1, 0.15) is 5.69 Å². The lowest BCUT2D eigenvalue weighted by Crippen LogP contribution is -2.38. The summed E-state index contributed by atoms with van der Waals surface area (Å²) in [6, 6.07) is 12.1. The standard InChI is InChI=1S/C20H24N2O/c1-14-9-11-22(12-10-14)20(23)19-6-4-5-18(21-19)17-13-15(2)7-8-16(17)3/h4-8,13-14H,9-12H2,1-3H3. The molecule has 1 aliphatic heterocycles. The Balaban J connectivity index is 1.88. The number of aryl methyl sites for hydroxylation is 2. The predicted octanol–water partition coefficient (Wildman–Crippen LogP) is 4.24. The lowest BCUT2D eigenvalue weighted by atomic mass is 9.99. The van der Waals surface area contributed by atoms with E-state index in [1.165, 1.54) is 11.1 Å². The highest BCUT2D eigenvalue weighted by molar-refractivity contribution is 5.93. The van der Waals surface area contributed by atoms with Crippen molar-refractivity contribution >= 4 is 5.91 Å². The maximum absolute atomic E-state index is 12.7. The Hall–Kier alpha value is -2.16. The van der Waals surface area contributed by atoms with Crippen molar-refractivity contribution in [1.82, 2.24) is 9.88 Å². The molecule has 2 aromatic rings. The molecule has 120 valence electrons. The number of rotatable bonds is 2. The molecule has 1 aliphatic rings. The van der Waals surface area contributed by atoms with Crippen molar-refractivity contribution in [1.29, 1.82) is 0 Å². The predicted molar refractivity (Wildman–Crippen MR) is 93.4 cm³/mol. The lowest BCUT2D eigenvalue weighted by Gasteiger charge is -2.30. The van der Waals surface area contributed by atoms with E-state index in [1.54, 1.807) is 0 Å². The minimum Gasteiger partial charge on any atom is -0.337 e. The van der Waals surface area contributed by atoms with Crippen molar-refractivity contribution in [2.24, 2.45) is 5.92 Å². The minimum absolute atomic E-state index is 0.0593. The number of hydrogen-bond acceptors (Lipinski definition) is 2. The normalized spacial score (nSPS) is 15.7. The molecule has 1 amide bonds. The summed E-state index contributed by atoms with van der Waals surface area (Å²) in [5.74, 6) is 0.775. The number of likely N-dealkylation sites (tertiary alicyclic amines) is 1. The summed E-state index contributed by atoms with van der Waals surface area (Å²) in [6.45, 7) is 8.09. The van der Waals surface area contributed by atoms with Crippen LogP contribution in [0, 0.1) is 19.8 Å². The zero-order valence-electron chi connectivity index (χ0n) is 14.2. The molecule has 3 rings (SSSR count). The van der Waals surface area contributed by atoms with Crippen LogP contribution >= 0.6 is 0 Å². The van der Waals surface area contributed by atoms with Crippen LogP contribution in [-0.2, 0) is 0 Å². The quantitative estimate of drug-likeness (QED) is 0.831. The largest absolute Gasteiger partial charge is 0.337 e. The number of carbonyl (C=O) groups excluding carboxylic acids is 1. The van der Waals surface area contributed by atoms with Crippen molar-refractivity contribution in [2.45, 2.75) is 33.6 Å². The van der Waals surface area contributed by atoms with E-state index in [-0.39, 0.29) is 5.91 Å². The summed E-state index contributed by atoms with van der Waals surface area (Å²) in [5.41, 5.74) is 4.92. The van der Waals surface area contributed by atoms with Crippen LogP contribution in [0.25, 0.3) is 11.3 Å². The Morgan fingerprint density at radius 1 is 1.13 bits per heavy atom. The van der Waals surface area contributed by atoms with Crippen LogP contribution in [-0.4, -0.2) is 28.9 Å². The third kappa shape index (κ3) is 3.44. The first-order valence-corrected chi connectivity index (χ1v) is 8.38. The molecule has 3 nitrogen and oxygen atoms in total. The van der Waals surface area contributed by atoms with E-state index < -0.39 is 0 Å². The molecule has 1 fully saturated rings. The second kappa shape index (κ2) is 6.53. The first kappa shape index (κ1) is 15.7. The average molecular weight is 308 g/mol. The molecule has 0 spiro atoms. The molecule has 23 heavy (non-hydrogen) atoms. The van der Waals surface area contributed by atoms with Crippen LogP contribution in [0.3, 0.4) is 0 Å². The van der Waals surface area contributed by atoms with Crippen LogP contribution in [0.15, 0.2) is 36.4 Å². The number of carbonyl (C=O) groups is 1. The minimum atomic E-state index is 0.0593. The number of pyridine rings is 1. The number of amides is 1. The highest BCUT2D eigenvalue weighted by atomic mass is 16.2. The molecule has 3 heteroatoms. The summed E-state index contributed by atoms with van der Waals surface area (Å²) >= 11 is 0. The maximum Gasteiger partial charge on any atom is 0.272 e. The van der Waals surface area contributed by atoms with Gasteiger partial charge in [0.25, 0.3) is 5.91 Å². The second-order valence-electron chi connectivity index (χ2n) is 6.70. The third-order valence-corrected chi connectivity index (χ3v) is 4.71. The Morgan fingerprint density at radius 3 is 2.61 bits per heavy atom. The topological polar surface area (TPSA) is 33.2 Å². The fourth-order valence-electron chi connectivity index (χ4n) is 3.09. The Bertz CT molecular complexity index is 715. The van der Waals surface area contributed by atoms with Gasteiger partial charge in [-0.3, -0.25) is 4.79 Å². The van der Waals surface area contributed by atoms with Gasteiger partial charge in [0.2, 0.25) is 0 Å². The molecular formula is C20H24N2O. The highest BCUT2D eigenvalue weighted by Crippen LogP contribution is 2.24.